The van der Waals surface area contributed by atoms with Crippen molar-refractivity contribution >= 4 is 39.2 Å². The second-order valence-corrected chi connectivity index (χ2v) is 11.1. The van der Waals surface area contributed by atoms with E-state index in [1.54, 1.807) is 18.5 Å². The smallest absolute Gasteiger partial charge is 0.229 e. The fourth-order valence-corrected chi connectivity index (χ4v) is 5.30. The van der Waals surface area contributed by atoms with E-state index in [0.29, 0.717) is 53.2 Å². The first-order valence-corrected chi connectivity index (χ1v) is 13.6. The molecule has 4 rings (SSSR count). The Kier molecular flexibility index (Phi) is 7.97. The van der Waals surface area contributed by atoms with Crippen molar-refractivity contribution in [1.29, 1.82) is 0 Å². The van der Waals surface area contributed by atoms with E-state index in [0.717, 1.165) is 38.9 Å². The summed E-state index contributed by atoms with van der Waals surface area (Å²) < 4.78 is 30.6. The molecule has 12 heteroatoms. The lowest BCUT2D eigenvalue weighted by Gasteiger charge is -2.30. The SMILES string of the molecule is CS(=O)(=O)N1CCCC(C(=O)Nc2cc(-c3cncc(NCC4CCCOC4)n3)c(Cl)cn2)C1. The number of carbonyl (C=O) groups excluding carboxylic acids is 1. The highest BCUT2D eigenvalue weighted by Gasteiger charge is 2.30. The van der Waals surface area contributed by atoms with Gasteiger partial charge >= 0.3 is 0 Å². The number of nitrogens with one attached hydrogen (secondary N) is 2. The first-order chi connectivity index (χ1) is 16.3. The van der Waals surface area contributed by atoms with E-state index < -0.39 is 15.9 Å². The molecule has 184 valence electrons. The topological polar surface area (TPSA) is 126 Å². The van der Waals surface area contributed by atoms with Crippen LogP contribution in [-0.4, -0.2) is 72.7 Å². The Balaban J connectivity index is 1.44. The minimum absolute atomic E-state index is 0.163. The molecule has 2 aromatic rings. The highest BCUT2D eigenvalue weighted by molar-refractivity contribution is 7.88. The number of nitrogens with zero attached hydrogens (tertiary/aromatic N) is 4. The molecule has 0 saturated carbocycles. The molecule has 2 aliphatic rings. The molecule has 0 bridgehead atoms. The van der Waals surface area contributed by atoms with Crippen molar-refractivity contribution < 1.29 is 17.9 Å². The first kappa shape index (κ1) is 24.8. The number of pyridine rings is 1. The van der Waals surface area contributed by atoms with Crippen LogP contribution >= 0.6 is 11.6 Å². The molecule has 2 unspecified atom stereocenters. The summed E-state index contributed by atoms with van der Waals surface area (Å²) >= 11 is 6.38. The normalized spacial score (nSPS) is 21.7. The molecule has 1 amide bonds. The highest BCUT2D eigenvalue weighted by Crippen LogP contribution is 2.29. The molecule has 2 aromatic heterocycles. The Labute approximate surface area is 204 Å². The van der Waals surface area contributed by atoms with Gasteiger partial charge in [0.15, 0.2) is 0 Å². The molecule has 2 atom stereocenters. The Bertz CT molecular complexity index is 1130. The number of ether oxygens (including phenoxy) is 1. The monoisotopic (exact) mass is 508 g/mol. The molecule has 0 radical (unpaired) electrons. The molecular formula is C22H29ClN6O4S. The van der Waals surface area contributed by atoms with Gasteiger partial charge in [-0.3, -0.25) is 9.78 Å². The predicted molar refractivity (Wildman–Crippen MR) is 130 cm³/mol. The zero-order valence-corrected chi connectivity index (χ0v) is 20.6. The standard InChI is InChI=1S/C22H29ClN6O4S/c1-34(31,32)29-6-2-5-16(13-29)22(30)28-20-8-17(18(23)10-26-20)19-11-24-12-21(27-19)25-9-15-4-3-7-33-14-15/h8,10-12,15-16H,2-7,9,13-14H2,1H3,(H,25,27)(H,26,28,30). The number of piperidine rings is 1. The average Bonchev–Trinajstić information content (AvgIpc) is 2.84. The number of amides is 1. The van der Waals surface area contributed by atoms with Crippen LogP contribution in [0, 0.1) is 11.8 Å². The van der Waals surface area contributed by atoms with Crippen LogP contribution in [0.4, 0.5) is 11.6 Å². The summed E-state index contributed by atoms with van der Waals surface area (Å²) in [7, 11) is -3.34. The molecule has 2 aliphatic heterocycles. The predicted octanol–water partition coefficient (Wildman–Crippen LogP) is 2.64. The van der Waals surface area contributed by atoms with E-state index >= 15 is 0 Å². The second kappa shape index (κ2) is 10.9. The summed E-state index contributed by atoms with van der Waals surface area (Å²) in [5.74, 6) is 0.666. The summed E-state index contributed by atoms with van der Waals surface area (Å²) in [6.07, 6.45) is 9.30. The molecular weight excluding hydrogens is 480 g/mol. The van der Waals surface area contributed by atoms with Crippen LogP contribution in [0.25, 0.3) is 11.3 Å². The van der Waals surface area contributed by atoms with Gasteiger partial charge in [-0.25, -0.2) is 22.7 Å². The quantitative estimate of drug-likeness (QED) is 0.584. The van der Waals surface area contributed by atoms with E-state index in [9.17, 15) is 13.2 Å². The third-order valence-corrected chi connectivity index (χ3v) is 7.64. The first-order valence-electron chi connectivity index (χ1n) is 11.3. The zero-order chi connectivity index (χ0) is 24.1. The van der Waals surface area contributed by atoms with Crippen LogP contribution in [0.15, 0.2) is 24.7 Å². The van der Waals surface area contributed by atoms with Crippen molar-refractivity contribution in [2.45, 2.75) is 25.7 Å². The van der Waals surface area contributed by atoms with Crippen molar-refractivity contribution in [3.05, 3.63) is 29.7 Å². The number of sulfonamides is 1. The van der Waals surface area contributed by atoms with Gasteiger partial charge in [0.2, 0.25) is 15.9 Å². The lowest BCUT2D eigenvalue weighted by atomic mass is 9.99. The van der Waals surface area contributed by atoms with Crippen LogP contribution in [0.1, 0.15) is 25.7 Å². The average molecular weight is 509 g/mol. The van der Waals surface area contributed by atoms with Gasteiger partial charge < -0.3 is 15.4 Å². The Hall–Kier alpha value is -2.34. The lowest BCUT2D eigenvalue weighted by Crippen LogP contribution is -2.43. The van der Waals surface area contributed by atoms with Crippen LogP contribution < -0.4 is 10.6 Å². The Morgan fingerprint density at radius 2 is 2.09 bits per heavy atom. The van der Waals surface area contributed by atoms with Crippen molar-refractivity contribution in [3.8, 4) is 11.3 Å². The van der Waals surface area contributed by atoms with Gasteiger partial charge in [-0.2, -0.15) is 0 Å². The second-order valence-electron chi connectivity index (χ2n) is 8.75. The number of halogens is 1. The number of hydrogen-bond donors (Lipinski definition) is 2. The Morgan fingerprint density at radius 1 is 1.24 bits per heavy atom. The van der Waals surface area contributed by atoms with E-state index in [1.807, 2.05) is 0 Å². The van der Waals surface area contributed by atoms with Crippen LogP contribution in [0.2, 0.25) is 5.02 Å². The van der Waals surface area contributed by atoms with Crippen LogP contribution in [0.5, 0.6) is 0 Å². The maximum Gasteiger partial charge on any atom is 0.229 e. The van der Waals surface area contributed by atoms with Gasteiger partial charge in [-0.15, -0.1) is 0 Å². The van der Waals surface area contributed by atoms with Gasteiger partial charge in [-0.1, -0.05) is 11.6 Å². The van der Waals surface area contributed by atoms with Gasteiger partial charge in [-0.05, 0) is 37.7 Å². The maximum atomic E-state index is 12.8. The summed E-state index contributed by atoms with van der Waals surface area (Å²) in [5.41, 5.74) is 1.14. The molecule has 2 N–H and O–H groups in total. The molecule has 0 spiro atoms. The van der Waals surface area contributed by atoms with Crippen molar-refractivity contribution in [3.63, 3.8) is 0 Å². The summed E-state index contributed by atoms with van der Waals surface area (Å²) in [5, 5.41) is 6.49. The molecule has 4 heterocycles. The van der Waals surface area contributed by atoms with Crippen molar-refractivity contribution in [2.75, 3.05) is 49.7 Å². The fraction of sp³-hybridized carbons (Fsp3) is 0.545. The van der Waals surface area contributed by atoms with Crippen LogP contribution in [0.3, 0.4) is 0 Å². The minimum atomic E-state index is -3.34. The molecule has 0 aromatic carbocycles. The zero-order valence-electron chi connectivity index (χ0n) is 19.0. The summed E-state index contributed by atoms with van der Waals surface area (Å²) in [4.78, 5) is 25.9. The van der Waals surface area contributed by atoms with E-state index in [-0.39, 0.29) is 12.5 Å². The van der Waals surface area contributed by atoms with Crippen molar-refractivity contribution in [2.24, 2.45) is 11.8 Å². The highest BCUT2D eigenvalue weighted by atomic mass is 35.5. The van der Waals surface area contributed by atoms with Gasteiger partial charge in [0.1, 0.15) is 11.6 Å². The third-order valence-electron chi connectivity index (χ3n) is 6.07. The number of carbonyl (C=O) groups is 1. The van der Waals surface area contributed by atoms with Gasteiger partial charge in [0.25, 0.3) is 0 Å². The summed E-state index contributed by atoms with van der Waals surface area (Å²) in [6, 6.07) is 1.65. The fourth-order valence-electron chi connectivity index (χ4n) is 4.19. The lowest BCUT2D eigenvalue weighted by molar-refractivity contribution is -0.120. The molecule has 34 heavy (non-hydrogen) atoms. The molecule has 2 fully saturated rings. The number of anilines is 2. The van der Waals surface area contributed by atoms with E-state index in [2.05, 4.69) is 25.6 Å². The summed E-state index contributed by atoms with van der Waals surface area (Å²) in [6.45, 7) is 2.90. The molecule has 0 aliphatic carbocycles. The van der Waals surface area contributed by atoms with E-state index in [4.69, 9.17) is 16.3 Å². The van der Waals surface area contributed by atoms with Gasteiger partial charge in [0, 0.05) is 38.0 Å². The third kappa shape index (κ3) is 6.41. The number of aromatic nitrogens is 3. The number of hydrogen-bond acceptors (Lipinski definition) is 8. The maximum absolute atomic E-state index is 12.8. The molecule has 10 nitrogen and oxygen atoms in total. The molecule has 2 saturated heterocycles. The number of rotatable bonds is 7. The largest absolute Gasteiger partial charge is 0.381 e. The minimum Gasteiger partial charge on any atom is -0.381 e. The van der Waals surface area contributed by atoms with Crippen LogP contribution in [-0.2, 0) is 19.6 Å². The van der Waals surface area contributed by atoms with E-state index in [1.165, 1.54) is 10.5 Å². The van der Waals surface area contributed by atoms with Crippen molar-refractivity contribution in [1.82, 2.24) is 19.3 Å². The Morgan fingerprint density at radius 3 is 2.85 bits per heavy atom. The van der Waals surface area contributed by atoms with Gasteiger partial charge in [0.05, 0.1) is 41.9 Å².